The molecule has 2 aromatic heterocycles. The number of carbonyl (C=O) groups is 1. The highest BCUT2D eigenvalue weighted by atomic mass is 19.1. The van der Waals surface area contributed by atoms with Crippen molar-refractivity contribution in [1.29, 1.82) is 0 Å². The van der Waals surface area contributed by atoms with Gasteiger partial charge in [0, 0.05) is 24.4 Å². The molecule has 9 nitrogen and oxygen atoms in total. The first-order valence-corrected chi connectivity index (χ1v) is 11.4. The van der Waals surface area contributed by atoms with Crippen LogP contribution in [0.4, 0.5) is 10.1 Å². The summed E-state index contributed by atoms with van der Waals surface area (Å²) in [6.07, 6.45) is 5.48. The maximum absolute atomic E-state index is 14.6. The highest BCUT2D eigenvalue weighted by Gasteiger charge is 2.30. The summed E-state index contributed by atoms with van der Waals surface area (Å²) < 4.78 is 21.6. The number of anilines is 1. The van der Waals surface area contributed by atoms with E-state index in [0.717, 1.165) is 42.6 Å². The third-order valence-electron chi connectivity index (χ3n) is 6.16. The molecule has 1 saturated carbocycles. The van der Waals surface area contributed by atoms with Gasteiger partial charge >= 0.3 is 0 Å². The van der Waals surface area contributed by atoms with Crippen molar-refractivity contribution in [2.75, 3.05) is 25.5 Å². The zero-order valence-electron chi connectivity index (χ0n) is 18.8. The molecule has 3 aromatic rings. The molecule has 1 aliphatic carbocycles. The monoisotopic (exact) mass is 453 g/mol. The number of piperidine rings is 1. The van der Waals surface area contributed by atoms with Gasteiger partial charge in [-0.1, -0.05) is 18.2 Å². The Labute approximate surface area is 191 Å². The molecule has 0 bridgehead atoms. The Bertz CT molecular complexity index is 1180. The van der Waals surface area contributed by atoms with Crippen molar-refractivity contribution in [3.8, 4) is 5.95 Å². The summed E-state index contributed by atoms with van der Waals surface area (Å²) >= 11 is 0. The van der Waals surface area contributed by atoms with Gasteiger partial charge < -0.3 is 20.1 Å². The standard InChI is InChI=1S/C23H28FN7O2/c1-3-5-19-15-6-4-7-18(26-17-10-11-30(2)13-16(17)24)21(15)28-31(19)23-27-20(33-29-23)12-25-22(32)14-8-9-14/h3-7,14,16-17,26H,8-13H2,1-2H3,(H,25,32)/b5-3+/t16-,17+/m0/s1. The summed E-state index contributed by atoms with van der Waals surface area (Å²) in [4.78, 5) is 18.3. The molecule has 3 heterocycles. The third-order valence-corrected chi connectivity index (χ3v) is 6.16. The molecule has 1 saturated heterocycles. The van der Waals surface area contributed by atoms with Crippen molar-refractivity contribution in [2.24, 2.45) is 5.92 Å². The van der Waals surface area contributed by atoms with E-state index >= 15 is 0 Å². The maximum Gasteiger partial charge on any atom is 0.291 e. The van der Waals surface area contributed by atoms with Crippen LogP contribution < -0.4 is 10.6 Å². The lowest BCUT2D eigenvalue weighted by atomic mass is 10.0. The van der Waals surface area contributed by atoms with Gasteiger partial charge in [0.15, 0.2) is 0 Å². The van der Waals surface area contributed by atoms with Gasteiger partial charge in [-0.2, -0.15) is 14.8 Å². The van der Waals surface area contributed by atoms with Crippen LogP contribution >= 0.6 is 0 Å². The number of nitrogens with zero attached hydrogens (tertiary/aromatic N) is 5. The Kier molecular flexibility index (Phi) is 5.84. The van der Waals surface area contributed by atoms with E-state index in [1.165, 1.54) is 0 Å². The van der Waals surface area contributed by atoms with Crippen LogP contribution in [0, 0.1) is 5.92 Å². The first-order chi connectivity index (χ1) is 16.0. The normalized spacial score (nSPS) is 21.7. The minimum Gasteiger partial charge on any atom is -0.377 e. The van der Waals surface area contributed by atoms with Gasteiger partial charge in [-0.3, -0.25) is 4.79 Å². The van der Waals surface area contributed by atoms with Crippen LogP contribution in [-0.4, -0.2) is 63.1 Å². The second-order valence-corrected chi connectivity index (χ2v) is 8.80. The second-order valence-electron chi connectivity index (χ2n) is 8.80. The van der Waals surface area contributed by atoms with E-state index in [9.17, 15) is 9.18 Å². The van der Waals surface area contributed by atoms with Crippen molar-refractivity contribution < 1.29 is 13.7 Å². The van der Waals surface area contributed by atoms with Gasteiger partial charge in [-0.25, -0.2) is 4.39 Å². The average molecular weight is 454 g/mol. The molecule has 10 heteroatoms. The summed E-state index contributed by atoms with van der Waals surface area (Å²) in [6, 6.07) is 5.55. The number of carbonyl (C=O) groups excluding carboxylic acids is 1. The number of halogens is 1. The first-order valence-electron chi connectivity index (χ1n) is 11.4. The lowest BCUT2D eigenvalue weighted by Gasteiger charge is -2.33. The predicted octanol–water partition coefficient (Wildman–Crippen LogP) is 2.92. The maximum atomic E-state index is 14.6. The van der Waals surface area contributed by atoms with Crippen LogP contribution in [-0.2, 0) is 11.3 Å². The number of hydrogen-bond donors (Lipinski definition) is 2. The fraction of sp³-hybridized carbons (Fsp3) is 0.478. The smallest absolute Gasteiger partial charge is 0.291 e. The molecule has 0 unspecified atom stereocenters. The molecule has 1 aromatic carbocycles. The number of alkyl halides is 1. The topological polar surface area (TPSA) is 101 Å². The lowest BCUT2D eigenvalue weighted by molar-refractivity contribution is -0.122. The molecule has 174 valence electrons. The minimum absolute atomic E-state index is 0.0185. The van der Waals surface area contributed by atoms with E-state index < -0.39 is 6.17 Å². The van der Waals surface area contributed by atoms with Crippen LogP contribution in [0.15, 0.2) is 28.8 Å². The molecular formula is C23H28FN7O2. The van der Waals surface area contributed by atoms with Crippen molar-refractivity contribution in [3.63, 3.8) is 0 Å². The zero-order chi connectivity index (χ0) is 22.9. The fourth-order valence-electron chi connectivity index (χ4n) is 4.19. The molecule has 2 fully saturated rings. The minimum atomic E-state index is -0.957. The van der Waals surface area contributed by atoms with Crippen molar-refractivity contribution in [1.82, 2.24) is 30.1 Å². The van der Waals surface area contributed by atoms with Crippen molar-refractivity contribution in [2.45, 2.75) is 44.9 Å². The van der Waals surface area contributed by atoms with Crippen LogP contribution in [0.2, 0.25) is 0 Å². The SMILES string of the molecule is C/C=C/c1c2cccc(N[C@@H]3CCN(C)C[C@@H]3F)c2nn1-c1noc(CNC(=O)C2CC2)n1. The molecule has 0 radical (unpaired) electrons. The lowest BCUT2D eigenvalue weighted by Crippen LogP contribution is -2.46. The van der Waals surface area contributed by atoms with Gasteiger partial charge in [0.25, 0.3) is 5.95 Å². The summed E-state index contributed by atoms with van der Waals surface area (Å²) in [7, 11) is 1.94. The highest BCUT2D eigenvalue weighted by Crippen LogP contribution is 2.30. The first kappa shape index (κ1) is 21.6. The number of fused-ring (bicyclic) bond motifs is 1. The van der Waals surface area contributed by atoms with Gasteiger partial charge in [-0.05, 0) is 50.5 Å². The second kappa shape index (κ2) is 8.93. The number of benzene rings is 1. The van der Waals surface area contributed by atoms with E-state index in [4.69, 9.17) is 9.62 Å². The number of hydrogen-bond acceptors (Lipinski definition) is 7. The molecular weight excluding hydrogens is 425 g/mol. The summed E-state index contributed by atoms with van der Waals surface area (Å²) in [5.41, 5.74) is 2.28. The van der Waals surface area contributed by atoms with E-state index in [2.05, 4.69) is 20.8 Å². The van der Waals surface area contributed by atoms with Gasteiger partial charge in [-0.15, -0.1) is 0 Å². The Morgan fingerprint density at radius 2 is 2.18 bits per heavy atom. The van der Waals surface area contributed by atoms with Gasteiger partial charge in [0.2, 0.25) is 11.8 Å². The van der Waals surface area contributed by atoms with Crippen molar-refractivity contribution in [3.05, 3.63) is 35.9 Å². The highest BCUT2D eigenvalue weighted by molar-refractivity contribution is 5.96. The van der Waals surface area contributed by atoms with Crippen LogP contribution in [0.3, 0.4) is 0 Å². The van der Waals surface area contributed by atoms with E-state index in [1.807, 2.05) is 49.2 Å². The fourth-order valence-corrected chi connectivity index (χ4v) is 4.19. The van der Waals surface area contributed by atoms with Crippen LogP contribution in [0.5, 0.6) is 0 Å². The number of aromatic nitrogens is 4. The molecule has 5 rings (SSSR count). The summed E-state index contributed by atoms with van der Waals surface area (Å²) in [5, 5.41) is 15.9. The van der Waals surface area contributed by atoms with Gasteiger partial charge in [0.05, 0.1) is 24.0 Å². The Hall–Kier alpha value is -3.27. The molecule has 1 aliphatic heterocycles. The third kappa shape index (κ3) is 4.47. The number of amides is 1. The molecule has 2 N–H and O–H groups in total. The van der Waals surface area contributed by atoms with Gasteiger partial charge in [0.1, 0.15) is 11.7 Å². The molecule has 2 atom stereocenters. The van der Waals surface area contributed by atoms with E-state index in [1.54, 1.807) is 4.68 Å². The Balaban J connectivity index is 1.43. The number of likely N-dealkylation sites (tertiary alicyclic amines) is 1. The quantitative estimate of drug-likeness (QED) is 0.567. The van der Waals surface area contributed by atoms with E-state index in [-0.39, 0.29) is 30.4 Å². The molecule has 2 aliphatic rings. The Morgan fingerprint density at radius 3 is 2.94 bits per heavy atom. The van der Waals surface area contributed by atoms with Crippen molar-refractivity contribution >= 4 is 28.6 Å². The number of nitrogens with one attached hydrogen (secondary N) is 2. The number of allylic oxidation sites excluding steroid dienone is 1. The Morgan fingerprint density at radius 1 is 1.33 bits per heavy atom. The predicted molar refractivity (Wildman–Crippen MR) is 123 cm³/mol. The van der Waals surface area contributed by atoms with Crippen LogP contribution in [0.25, 0.3) is 22.9 Å². The zero-order valence-corrected chi connectivity index (χ0v) is 18.8. The average Bonchev–Trinajstić information content (AvgIpc) is 3.44. The summed E-state index contributed by atoms with van der Waals surface area (Å²) in [5.74, 6) is 0.730. The largest absolute Gasteiger partial charge is 0.377 e. The summed E-state index contributed by atoms with van der Waals surface area (Å²) in [6.45, 7) is 3.36. The molecule has 1 amide bonds. The number of rotatable bonds is 7. The molecule has 0 spiro atoms. The van der Waals surface area contributed by atoms with E-state index in [0.29, 0.717) is 18.0 Å². The van der Waals surface area contributed by atoms with Crippen LogP contribution in [0.1, 0.15) is 37.8 Å². The molecule has 33 heavy (non-hydrogen) atoms.